The molecule has 216 valence electrons. The van der Waals surface area contributed by atoms with Crippen molar-refractivity contribution in [1.29, 1.82) is 0 Å². The van der Waals surface area contributed by atoms with Gasteiger partial charge in [0.15, 0.2) is 11.5 Å². The first-order chi connectivity index (χ1) is 18.9. The van der Waals surface area contributed by atoms with Crippen LogP contribution in [0.25, 0.3) is 0 Å². The van der Waals surface area contributed by atoms with Gasteiger partial charge in [0, 0.05) is 51.0 Å². The van der Waals surface area contributed by atoms with E-state index in [2.05, 4.69) is 10.2 Å². The molecule has 4 rings (SSSR count). The van der Waals surface area contributed by atoms with Crippen LogP contribution in [0, 0.1) is 0 Å². The molecule has 0 radical (unpaired) electrons. The minimum Gasteiger partial charge on any atom is -0.493 e. The predicted molar refractivity (Wildman–Crippen MR) is 140 cm³/mol. The molecular formula is C27H39N3O9. The Bertz CT molecular complexity index is 1040. The predicted octanol–water partition coefficient (Wildman–Crippen LogP) is -0.993. The fraction of sp³-hybridized carbons (Fsp3) is 0.630. The number of amides is 2. The fourth-order valence-electron chi connectivity index (χ4n) is 5.47. The molecule has 2 heterocycles. The van der Waals surface area contributed by atoms with Crippen LogP contribution in [0.1, 0.15) is 23.5 Å². The van der Waals surface area contributed by atoms with Crippen molar-refractivity contribution < 1.29 is 43.9 Å². The summed E-state index contributed by atoms with van der Waals surface area (Å²) in [6.45, 7) is 3.41. The zero-order chi connectivity index (χ0) is 27.9. The average molecular weight is 550 g/mol. The molecule has 1 aromatic rings. The van der Waals surface area contributed by atoms with E-state index in [1.807, 2.05) is 0 Å². The van der Waals surface area contributed by atoms with Gasteiger partial charge in [0.25, 0.3) is 0 Å². The summed E-state index contributed by atoms with van der Waals surface area (Å²) in [6, 6.07) is 2.55. The number of carbonyl (C=O) groups is 2. The van der Waals surface area contributed by atoms with Crippen LogP contribution in [0.4, 0.5) is 0 Å². The summed E-state index contributed by atoms with van der Waals surface area (Å²) in [7, 11) is 3.00. The maximum Gasteiger partial charge on any atom is 0.247 e. The largest absolute Gasteiger partial charge is 0.493 e. The second-order valence-corrected chi connectivity index (χ2v) is 9.80. The van der Waals surface area contributed by atoms with Crippen molar-refractivity contribution in [1.82, 2.24) is 15.1 Å². The maximum absolute atomic E-state index is 13.4. The van der Waals surface area contributed by atoms with Crippen LogP contribution in [0.2, 0.25) is 0 Å². The first kappa shape index (κ1) is 29.2. The number of hydrogen-bond donors (Lipinski definition) is 4. The molecule has 12 heteroatoms. The third-order valence-corrected chi connectivity index (χ3v) is 7.46. The van der Waals surface area contributed by atoms with E-state index in [9.17, 15) is 24.9 Å². The minimum absolute atomic E-state index is 0.0437. The molecule has 0 spiro atoms. The van der Waals surface area contributed by atoms with E-state index in [-0.39, 0.29) is 38.7 Å². The maximum atomic E-state index is 13.4. The molecule has 2 amide bonds. The summed E-state index contributed by atoms with van der Waals surface area (Å²) in [4.78, 5) is 30.6. The van der Waals surface area contributed by atoms with Crippen LogP contribution in [0.15, 0.2) is 23.8 Å². The van der Waals surface area contributed by atoms with Gasteiger partial charge in [0.1, 0.15) is 12.2 Å². The van der Waals surface area contributed by atoms with Crippen LogP contribution in [-0.4, -0.2) is 129 Å². The zero-order valence-corrected chi connectivity index (χ0v) is 22.5. The third kappa shape index (κ3) is 6.37. The summed E-state index contributed by atoms with van der Waals surface area (Å²) in [6.07, 6.45) is -0.283. The summed E-state index contributed by atoms with van der Waals surface area (Å²) < 4.78 is 22.3. The molecule has 39 heavy (non-hydrogen) atoms. The Hall–Kier alpha value is -2.74. The molecule has 1 fully saturated rings. The number of fused-ring (bicyclic) bond motifs is 3. The number of aliphatic hydroxyl groups is 3. The molecule has 0 bridgehead atoms. The van der Waals surface area contributed by atoms with Crippen LogP contribution >= 0.6 is 0 Å². The number of morpholine rings is 1. The van der Waals surface area contributed by atoms with E-state index in [1.54, 1.807) is 23.1 Å². The topological polar surface area (TPSA) is 150 Å². The van der Waals surface area contributed by atoms with Gasteiger partial charge in [-0.1, -0.05) is 0 Å². The van der Waals surface area contributed by atoms with Gasteiger partial charge in [-0.15, -0.1) is 0 Å². The molecule has 0 saturated carbocycles. The van der Waals surface area contributed by atoms with E-state index in [1.165, 1.54) is 14.2 Å². The van der Waals surface area contributed by atoms with Gasteiger partial charge in [0.2, 0.25) is 11.8 Å². The number of nitrogens with one attached hydrogen (secondary N) is 1. The highest BCUT2D eigenvalue weighted by Gasteiger charge is 2.51. The smallest absolute Gasteiger partial charge is 0.247 e. The number of rotatable bonds is 12. The van der Waals surface area contributed by atoms with Gasteiger partial charge in [-0.25, -0.2) is 0 Å². The first-order valence-electron chi connectivity index (χ1n) is 13.3. The Morgan fingerprint density at radius 1 is 1.21 bits per heavy atom. The van der Waals surface area contributed by atoms with Crippen LogP contribution in [0.3, 0.4) is 0 Å². The number of carbonyl (C=O) groups excluding carboxylic acids is 2. The fourth-order valence-corrected chi connectivity index (χ4v) is 5.47. The van der Waals surface area contributed by atoms with Crippen molar-refractivity contribution in [2.75, 3.05) is 73.4 Å². The van der Waals surface area contributed by atoms with E-state index in [0.29, 0.717) is 54.5 Å². The van der Waals surface area contributed by atoms with Crippen LogP contribution in [-0.2, 0) is 25.7 Å². The molecule has 4 N–H and O–H groups in total. The third-order valence-electron chi connectivity index (χ3n) is 7.46. The number of ether oxygens (including phenoxy) is 4. The summed E-state index contributed by atoms with van der Waals surface area (Å²) in [5, 5.41) is 33.5. The van der Waals surface area contributed by atoms with Gasteiger partial charge in [-0.3, -0.25) is 14.5 Å². The summed E-state index contributed by atoms with van der Waals surface area (Å²) in [5.74, 6) is -0.547. The Morgan fingerprint density at radius 2 is 1.97 bits per heavy atom. The summed E-state index contributed by atoms with van der Waals surface area (Å²) in [5.41, 5.74) is 1.50. The van der Waals surface area contributed by atoms with Crippen molar-refractivity contribution in [2.45, 2.75) is 37.2 Å². The Balaban J connectivity index is 1.72. The molecule has 1 saturated heterocycles. The van der Waals surface area contributed by atoms with Gasteiger partial charge in [-0.05, 0) is 23.8 Å². The Kier molecular flexibility index (Phi) is 10.2. The average Bonchev–Trinajstić information content (AvgIpc) is 3.35. The lowest BCUT2D eigenvalue weighted by Gasteiger charge is -2.41. The van der Waals surface area contributed by atoms with Gasteiger partial charge in [-0.2, -0.15) is 0 Å². The molecule has 1 aromatic carbocycles. The van der Waals surface area contributed by atoms with Gasteiger partial charge in [0.05, 0.1) is 58.5 Å². The molecular weight excluding hydrogens is 510 g/mol. The highest BCUT2D eigenvalue weighted by Crippen LogP contribution is 2.51. The van der Waals surface area contributed by atoms with E-state index >= 15 is 0 Å². The van der Waals surface area contributed by atoms with Crippen molar-refractivity contribution in [3.05, 3.63) is 34.9 Å². The number of benzene rings is 1. The Morgan fingerprint density at radius 3 is 2.64 bits per heavy atom. The second-order valence-electron chi connectivity index (χ2n) is 9.80. The molecule has 3 aliphatic rings. The lowest BCUT2D eigenvalue weighted by molar-refractivity contribution is -0.138. The van der Waals surface area contributed by atoms with Gasteiger partial charge >= 0.3 is 0 Å². The number of aliphatic hydroxyl groups excluding tert-OH is 3. The van der Waals surface area contributed by atoms with E-state index in [0.717, 1.165) is 13.1 Å². The highest BCUT2D eigenvalue weighted by atomic mass is 16.5. The SMILES string of the molecule is COCCC(=O)N(CCN1CCOCC1)[C@@H]1C=C(C(=O)NCCO)[C@@H]2c3cc(CO)cc(OC)c3O[C@@H]2[C@H]1O. The summed E-state index contributed by atoms with van der Waals surface area (Å²) >= 11 is 0. The molecule has 4 atom stereocenters. The minimum atomic E-state index is -1.16. The lowest BCUT2D eigenvalue weighted by Crippen LogP contribution is -2.57. The molecule has 0 unspecified atom stereocenters. The lowest BCUT2D eigenvalue weighted by atomic mass is 9.77. The molecule has 1 aliphatic carbocycles. The van der Waals surface area contributed by atoms with E-state index < -0.39 is 30.1 Å². The quantitative estimate of drug-likeness (QED) is 0.256. The van der Waals surface area contributed by atoms with Crippen LogP contribution < -0.4 is 14.8 Å². The zero-order valence-electron chi connectivity index (χ0n) is 22.5. The highest BCUT2D eigenvalue weighted by molar-refractivity contribution is 5.96. The standard InChI is InChI=1S/C27H39N3O9/c1-36-10-3-22(33)30(6-5-29-7-11-38-12-8-29)20-15-19(27(35)28-4-9-31)23-18-13-17(16-32)14-21(37-2)25(18)39-26(23)24(20)34/h13-15,20,23-24,26,31-32,34H,3-12,16H2,1-2H3,(H,28,35)/t20-,23+,24+,26+/m1/s1. The van der Waals surface area contributed by atoms with Crippen LogP contribution in [0.5, 0.6) is 11.5 Å². The van der Waals surface area contributed by atoms with E-state index in [4.69, 9.17) is 18.9 Å². The van der Waals surface area contributed by atoms with Gasteiger partial charge < -0.3 is 44.5 Å². The van der Waals surface area contributed by atoms with Crippen molar-refractivity contribution in [3.8, 4) is 11.5 Å². The number of hydrogen-bond acceptors (Lipinski definition) is 10. The van der Waals surface area contributed by atoms with Crippen molar-refractivity contribution in [2.24, 2.45) is 0 Å². The monoisotopic (exact) mass is 549 g/mol. The first-order valence-corrected chi connectivity index (χ1v) is 13.3. The molecule has 2 aliphatic heterocycles. The molecule has 12 nitrogen and oxygen atoms in total. The van der Waals surface area contributed by atoms with Crippen molar-refractivity contribution in [3.63, 3.8) is 0 Å². The second kappa shape index (κ2) is 13.6. The normalized spacial score (nSPS) is 24.3. The molecule has 0 aromatic heterocycles. The van der Waals surface area contributed by atoms with Crippen molar-refractivity contribution >= 4 is 11.8 Å². The number of nitrogens with zero attached hydrogens (tertiary/aromatic N) is 2. The number of methoxy groups -OCH3 is 2. The Labute approximate surface area is 228 Å².